The van der Waals surface area contributed by atoms with Gasteiger partial charge in [-0.05, 0) is 39.8 Å². The van der Waals surface area contributed by atoms with Crippen LogP contribution in [0.1, 0.15) is 46.0 Å². The molecule has 24 heavy (non-hydrogen) atoms. The van der Waals surface area contributed by atoms with Crippen molar-refractivity contribution >= 4 is 23.3 Å². The second-order valence-electron chi connectivity index (χ2n) is 5.34. The second-order valence-corrected chi connectivity index (χ2v) is 5.34. The van der Waals surface area contributed by atoms with Gasteiger partial charge in [0.15, 0.2) is 11.9 Å². The highest BCUT2D eigenvalue weighted by Gasteiger charge is 2.24. The average Bonchev–Trinajstić information content (AvgIpc) is 2.86. The van der Waals surface area contributed by atoms with E-state index >= 15 is 0 Å². The lowest BCUT2D eigenvalue weighted by atomic mass is 10.1. The molecule has 0 spiro atoms. The first-order valence-electron chi connectivity index (χ1n) is 7.36. The SMILES string of the molecule is CC(=O)c1ccccc1NC(=O)[C@@H](C)OC(=O)c1c(C)noc1C. The second kappa shape index (κ2) is 7.08. The molecule has 0 aliphatic rings. The zero-order valence-corrected chi connectivity index (χ0v) is 13.9. The van der Waals surface area contributed by atoms with Gasteiger partial charge in [0.05, 0.1) is 11.4 Å². The largest absolute Gasteiger partial charge is 0.449 e. The first kappa shape index (κ1) is 17.4. The molecular formula is C17H18N2O5. The third kappa shape index (κ3) is 3.68. The summed E-state index contributed by atoms with van der Waals surface area (Å²) in [7, 11) is 0. The molecule has 2 aromatic rings. The fraction of sp³-hybridized carbons (Fsp3) is 0.294. The summed E-state index contributed by atoms with van der Waals surface area (Å²) in [6.07, 6.45) is -1.05. The standard InChI is InChI=1S/C17H18N2O5/c1-9-15(11(3)24-19-9)17(22)23-12(4)16(21)18-14-8-6-5-7-13(14)10(2)20/h5-8,12H,1-4H3,(H,18,21)/t12-/m1/s1. The maximum Gasteiger partial charge on any atom is 0.344 e. The van der Waals surface area contributed by atoms with Gasteiger partial charge >= 0.3 is 5.97 Å². The molecule has 0 aliphatic heterocycles. The molecule has 126 valence electrons. The van der Waals surface area contributed by atoms with Crippen molar-refractivity contribution in [2.45, 2.75) is 33.8 Å². The van der Waals surface area contributed by atoms with Gasteiger partial charge in [0, 0.05) is 5.56 Å². The number of rotatable bonds is 5. The highest BCUT2D eigenvalue weighted by Crippen LogP contribution is 2.17. The minimum Gasteiger partial charge on any atom is -0.449 e. The number of carbonyl (C=O) groups excluding carboxylic acids is 3. The zero-order chi connectivity index (χ0) is 17.9. The van der Waals surface area contributed by atoms with Crippen LogP contribution in [0.3, 0.4) is 0 Å². The number of hydrogen-bond acceptors (Lipinski definition) is 6. The van der Waals surface area contributed by atoms with Crippen LogP contribution in [0.15, 0.2) is 28.8 Å². The Morgan fingerprint density at radius 2 is 1.88 bits per heavy atom. The third-order valence-electron chi connectivity index (χ3n) is 3.45. The van der Waals surface area contributed by atoms with Crippen molar-refractivity contribution in [3.05, 3.63) is 46.8 Å². The van der Waals surface area contributed by atoms with Gasteiger partial charge in [-0.15, -0.1) is 0 Å². The molecule has 0 saturated carbocycles. The number of aryl methyl sites for hydroxylation is 2. The molecular weight excluding hydrogens is 312 g/mol. The van der Waals surface area contributed by atoms with Crippen molar-refractivity contribution in [1.29, 1.82) is 0 Å². The van der Waals surface area contributed by atoms with Gasteiger partial charge in [-0.25, -0.2) is 4.79 Å². The van der Waals surface area contributed by atoms with Crippen molar-refractivity contribution in [1.82, 2.24) is 5.16 Å². The van der Waals surface area contributed by atoms with E-state index in [0.717, 1.165) is 0 Å². The molecule has 7 heteroatoms. The van der Waals surface area contributed by atoms with E-state index in [4.69, 9.17) is 9.26 Å². The van der Waals surface area contributed by atoms with Gasteiger partial charge < -0.3 is 14.6 Å². The van der Waals surface area contributed by atoms with Crippen molar-refractivity contribution in [3.8, 4) is 0 Å². The fourth-order valence-electron chi connectivity index (χ4n) is 2.18. The quantitative estimate of drug-likeness (QED) is 0.668. The topological polar surface area (TPSA) is 98.5 Å². The Balaban J connectivity index is 2.08. The first-order valence-corrected chi connectivity index (χ1v) is 7.36. The van der Waals surface area contributed by atoms with Crippen molar-refractivity contribution in [3.63, 3.8) is 0 Å². The lowest BCUT2D eigenvalue weighted by molar-refractivity contribution is -0.123. The van der Waals surface area contributed by atoms with Gasteiger partial charge in [-0.3, -0.25) is 9.59 Å². The summed E-state index contributed by atoms with van der Waals surface area (Å²) in [5.41, 5.74) is 1.36. The monoisotopic (exact) mass is 330 g/mol. The lowest BCUT2D eigenvalue weighted by Crippen LogP contribution is -2.30. The number of ether oxygens (including phenoxy) is 1. The van der Waals surface area contributed by atoms with Crippen LogP contribution in [0.2, 0.25) is 0 Å². The van der Waals surface area contributed by atoms with Crippen LogP contribution in [-0.4, -0.2) is 28.9 Å². The van der Waals surface area contributed by atoms with Gasteiger partial charge in [0.2, 0.25) is 0 Å². The van der Waals surface area contributed by atoms with E-state index in [1.807, 2.05) is 0 Å². The highest BCUT2D eigenvalue weighted by atomic mass is 16.5. The molecule has 1 amide bonds. The minimum absolute atomic E-state index is 0.175. The predicted molar refractivity (Wildman–Crippen MR) is 85.9 cm³/mol. The van der Waals surface area contributed by atoms with Gasteiger partial charge in [0.25, 0.3) is 5.91 Å². The highest BCUT2D eigenvalue weighted by molar-refractivity contribution is 6.05. The molecule has 0 fully saturated rings. The van der Waals surface area contributed by atoms with Crippen LogP contribution in [0.4, 0.5) is 5.69 Å². The predicted octanol–water partition coefficient (Wildman–Crippen LogP) is 2.68. The van der Waals surface area contributed by atoms with E-state index in [-0.39, 0.29) is 11.3 Å². The Morgan fingerprint density at radius 1 is 1.21 bits per heavy atom. The number of anilines is 1. The molecule has 1 aromatic carbocycles. The maximum atomic E-state index is 12.2. The maximum absolute atomic E-state index is 12.2. The summed E-state index contributed by atoms with van der Waals surface area (Å²) >= 11 is 0. The van der Waals surface area contributed by atoms with E-state index in [1.165, 1.54) is 13.8 Å². The zero-order valence-electron chi connectivity index (χ0n) is 13.9. The van der Waals surface area contributed by atoms with Crippen LogP contribution in [-0.2, 0) is 9.53 Å². The van der Waals surface area contributed by atoms with Crippen LogP contribution in [0.25, 0.3) is 0 Å². The molecule has 1 heterocycles. The summed E-state index contributed by atoms with van der Waals surface area (Å²) in [6.45, 7) is 6.05. The third-order valence-corrected chi connectivity index (χ3v) is 3.45. The smallest absolute Gasteiger partial charge is 0.344 e. The number of hydrogen-bond donors (Lipinski definition) is 1. The van der Waals surface area contributed by atoms with Crippen LogP contribution in [0.5, 0.6) is 0 Å². The Bertz CT molecular complexity index is 775. The summed E-state index contributed by atoms with van der Waals surface area (Å²) < 4.78 is 10.1. The normalized spacial score (nSPS) is 11.7. The Labute approximate surface area is 139 Å². The number of nitrogens with zero attached hydrogens (tertiary/aromatic N) is 1. The molecule has 0 radical (unpaired) electrons. The summed E-state index contributed by atoms with van der Waals surface area (Å²) in [6, 6.07) is 6.62. The number of aromatic nitrogens is 1. The summed E-state index contributed by atoms with van der Waals surface area (Å²) in [4.78, 5) is 35.9. The van der Waals surface area contributed by atoms with Crippen molar-refractivity contribution in [2.75, 3.05) is 5.32 Å². The number of nitrogens with one attached hydrogen (secondary N) is 1. The molecule has 0 bridgehead atoms. The lowest BCUT2D eigenvalue weighted by Gasteiger charge is -2.14. The van der Waals surface area contributed by atoms with Crippen LogP contribution < -0.4 is 5.32 Å². The summed E-state index contributed by atoms with van der Waals surface area (Å²) in [5.74, 6) is -1.07. The number of ketones is 1. The van der Waals surface area contributed by atoms with E-state index < -0.39 is 18.0 Å². The number of carbonyl (C=O) groups is 3. The summed E-state index contributed by atoms with van der Waals surface area (Å²) in [5, 5.41) is 6.27. The Morgan fingerprint density at radius 3 is 2.46 bits per heavy atom. The van der Waals surface area contributed by atoms with E-state index in [0.29, 0.717) is 22.7 Å². The number of benzene rings is 1. The molecule has 0 aliphatic carbocycles. The molecule has 0 unspecified atom stereocenters. The van der Waals surface area contributed by atoms with Crippen molar-refractivity contribution in [2.24, 2.45) is 0 Å². The minimum atomic E-state index is -1.05. The van der Waals surface area contributed by atoms with Gasteiger partial charge in [-0.1, -0.05) is 17.3 Å². The fourth-order valence-corrected chi connectivity index (χ4v) is 2.18. The molecule has 2 rings (SSSR count). The Hall–Kier alpha value is -2.96. The van der Waals surface area contributed by atoms with Gasteiger partial charge in [-0.2, -0.15) is 0 Å². The number of amides is 1. The Kier molecular flexibility index (Phi) is 5.13. The molecule has 0 saturated heterocycles. The van der Waals surface area contributed by atoms with Gasteiger partial charge in [0.1, 0.15) is 11.3 Å². The molecule has 1 aromatic heterocycles. The number of esters is 1. The molecule has 1 atom stereocenters. The van der Waals surface area contributed by atoms with E-state index in [1.54, 1.807) is 38.1 Å². The van der Waals surface area contributed by atoms with E-state index in [2.05, 4.69) is 10.5 Å². The molecule has 1 N–H and O–H groups in total. The molecule has 7 nitrogen and oxygen atoms in total. The number of para-hydroxylation sites is 1. The number of Topliss-reactive ketones (excluding diaryl/α,β-unsaturated/α-hetero) is 1. The van der Waals surface area contributed by atoms with E-state index in [9.17, 15) is 14.4 Å². The van der Waals surface area contributed by atoms with Crippen molar-refractivity contribution < 1.29 is 23.6 Å². The first-order chi connectivity index (χ1) is 11.3. The average molecular weight is 330 g/mol. The van der Waals surface area contributed by atoms with Crippen LogP contribution in [0, 0.1) is 13.8 Å². The van der Waals surface area contributed by atoms with Crippen LogP contribution >= 0.6 is 0 Å².